The highest BCUT2D eigenvalue weighted by Gasteiger charge is 2.30. The predicted octanol–water partition coefficient (Wildman–Crippen LogP) is 4.31. The van der Waals surface area contributed by atoms with Crippen molar-refractivity contribution in [2.45, 2.75) is 13.1 Å². The lowest BCUT2D eigenvalue weighted by Gasteiger charge is -2.11. The molecule has 6 heteroatoms. The largest absolute Gasteiger partial charge is 0.416 e. The second-order valence-corrected chi connectivity index (χ2v) is 4.81. The molecule has 2 aromatic rings. The van der Waals surface area contributed by atoms with Crippen molar-refractivity contribution in [2.75, 3.05) is 17.7 Å². The van der Waals surface area contributed by atoms with E-state index >= 15 is 0 Å². The highest BCUT2D eigenvalue weighted by molar-refractivity contribution is 6.05. The lowest BCUT2D eigenvalue weighted by Crippen LogP contribution is -2.13. The minimum atomic E-state index is -4.44. The van der Waals surface area contributed by atoms with E-state index in [4.69, 9.17) is 0 Å². The Bertz CT molecular complexity index is 696. The van der Waals surface area contributed by atoms with Gasteiger partial charge in [-0.3, -0.25) is 4.79 Å². The molecule has 0 aliphatic heterocycles. The van der Waals surface area contributed by atoms with Gasteiger partial charge in [-0.15, -0.1) is 0 Å². The smallest absolute Gasteiger partial charge is 0.388 e. The Morgan fingerprint density at radius 3 is 2.45 bits per heavy atom. The first-order valence-corrected chi connectivity index (χ1v) is 6.58. The molecular formula is C16H15F3N2O. The molecule has 2 aromatic carbocycles. The van der Waals surface area contributed by atoms with E-state index in [1.807, 2.05) is 6.92 Å². The fraction of sp³-hybridized carbons (Fsp3) is 0.188. The summed E-state index contributed by atoms with van der Waals surface area (Å²) < 4.78 is 38.0. The van der Waals surface area contributed by atoms with E-state index in [1.165, 1.54) is 12.1 Å². The summed E-state index contributed by atoms with van der Waals surface area (Å²) in [5.41, 5.74) is 1.43. The Balaban J connectivity index is 2.22. The number of rotatable bonds is 3. The van der Waals surface area contributed by atoms with Crippen LogP contribution in [-0.2, 0) is 6.18 Å². The lowest BCUT2D eigenvalue weighted by atomic mass is 10.1. The van der Waals surface area contributed by atoms with Crippen LogP contribution in [0.25, 0.3) is 0 Å². The minimum Gasteiger partial charge on any atom is -0.388 e. The van der Waals surface area contributed by atoms with Gasteiger partial charge in [0.2, 0.25) is 0 Å². The maximum Gasteiger partial charge on any atom is 0.416 e. The van der Waals surface area contributed by atoms with Crippen LogP contribution < -0.4 is 10.6 Å². The second kappa shape index (κ2) is 6.09. The molecule has 0 heterocycles. The Kier molecular flexibility index (Phi) is 4.40. The first-order valence-electron chi connectivity index (χ1n) is 6.58. The van der Waals surface area contributed by atoms with Crippen molar-refractivity contribution in [3.63, 3.8) is 0 Å². The first-order chi connectivity index (χ1) is 10.3. The van der Waals surface area contributed by atoms with Crippen LogP contribution in [0.4, 0.5) is 24.5 Å². The SMILES string of the molecule is CNc1cc(C(=O)Nc2cccc(C(F)(F)F)c2)ccc1C. The number of carbonyl (C=O) groups is 1. The fourth-order valence-electron chi connectivity index (χ4n) is 2.01. The maximum absolute atomic E-state index is 12.7. The maximum atomic E-state index is 12.7. The first kappa shape index (κ1) is 15.9. The number of alkyl halides is 3. The number of benzene rings is 2. The quantitative estimate of drug-likeness (QED) is 0.887. The molecule has 0 unspecified atom stereocenters. The fourth-order valence-corrected chi connectivity index (χ4v) is 2.01. The average Bonchev–Trinajstić information content (AvgIpc) is 2.47. The molecule has 0 bridgehead atoms. The summed E-state index contributed by atoms with van der Waals surface area (Å²) in [5, 5.41) is 5.43. The average molecular weight is 308 g/mol. The monoisotopic (exact) mass is 308 g/mol. The minimum absolute atomic E-state index is 0.103. The van der Waals surface area contributed by atoms with Crippen molar-refractivity contribution < 1.29 is 18.0 Å². The van der Waals surface area contributed by atoms with Gasteiger partial charge in [0.25, 0.3) is 5.91 Å². The molecule has 2 rings (SSSR count). The number of nitrogens with one attached hydrogen (secondary N) is 2. The molecule has 2 N–H and O–H groups in total. The van der Waals surface area contributed by atoms with Crippen molar-refractivity contribution >= 4 is 17.3 Å². The molecule has 0 spiro atoms. The number of hydrogen-bond donors (Lipinski definition) is 2. The van der Waals surface area contributed by atoms with Crippen LogP contribution >= 0.6 is 0 Å². The zero-order chi connectivity index (χ0) is 16.3. The van der Waals surface area contributed by atoms with E-state index in [2.05, 4.69) is 10.6 Å². The van der Waals surface area contributed by atoms with Crippen molar-refractivity contribution in [3.05, 3.63) is 59.2 Å². The zero-order valence-electron chi connectivity index (χ0n) is 12.1. The third kappa shape index (κ3) is 3.58. The Morgan fingerprint density at radius 2 is 1.82 bits per heavy atom. The molecule has 0 radical (unpaired) electrons. The van der Waals surface area contributed by atoms with Gasteiger partial charge in [0.05, 0.1) is 5.56 Å². The summed E-state index contributed by atoms with van der Waals surface area (Å²) in [4.78, 5) is 12.1. The van der Waals surface area contributed by atoms with Gasteiger partial charge in [-0.25, -0.2) is 0 Å². The van der Waals surface area contributed by atoms with Crippen LogP contribution in [0.2, 0.25) is 0 Å². The zero-order valence-corrected chi connectivity index (χ0v) is 12.1. The normalized spacial score (nSPS) is 11.1. The van der Waals surface area contributed by atoms with Gasteiger partial charge in [0.15, 0.2) is 0 Å². The molecule has 0 atom stereocenters. The molecule has 22 heavy (non-hydrogen) atoms. The molecule has 0 aromatic heterocycles. The van der Waals surface area contributed by atoms with E-state index in [0.717, 1.165) is 23.4 Å². The summed E-state index contributed by atoms with van der Waals surface area (Å²) >= 11 is 0. The Hall–Kier alpha value is -2.50. The number of hydrogen-bond acceptors (Lipinski definition) is 2. The van der Waals surface area contributed by atoms with E-state index in [9.17, 15) is 18.0 Å². The molecule has 0 saturated carbocycles. The van der Waals surface area contributed by atoms with Crippen LogP contribution in [0.5, 0.6) is 0 Å². The van der Waals surface area contributed by atoms with Crippen LogP contribution in [0.15, 0.2) is 42.5 Å². The summed E-state index contributed by atoms with van der Waals surface area (Å²) in [6, 6.07) is 9.59. The highest BCUT2D eigenvalue weighted by Crippen LogP contribution is 2.30. The molecule has 0 fully saturated rings. The summed E-state index contributed by atoms with van der Waals surface area (Å²) in [6.45, 7) is 1.89. The number of halogens is 3. The van der Waals surface area contributed by atoms with E-state index in [0.29, 0.717) is 5.56 Å². The van der Waals surface area contributed by atoms with Crippen molar-refractivity contribution in [1.82, 2.24) is 0 Å². The molecule has 1 amide bonds. The van der Waals surface area contributed by atoms with Gasteiger partial charge in [0, 0.05) is 24.0 Å². The van der Waals surface area contributed by atoms with Crippen molar-refractivity contribution in [1.29, 1.82) is 0 Å². The van der Waals surface area contributed by atoms with Gasteiger partial charge < -0.3 is 10.6 Å². The second-order valence-electron chi connectivity index (χ2n) is 4.81. The highest BCUT2D eigenvalue weighted by atomic mass is 19.4. The van der Waals surface area contributed by atoms with Crippen LogP contribution in [0, 0.1) is 6.92 Å². The third-order valence-electron chi connectivity index (χ3n) is 3.22. The Labute approximate surface area is 126 Å². The standard InChI is InChI=1S/C16H15F3N2O/c1-10-6-7-11(8-14(10)20-2)15(22)21-13-5-3-4-12(9-13)16(17,18)19/h3-9,20H,1-2H3,(H,21,22). The molecular weight excluding hydrogens is 293 g/mol. The van der Waals surface area contributed by atoms with Gasteiger partial charge >= 0.3 is 6.18 Å². The predicted molar refractivity (Wildman–Crippen MR) is 80.1 cm³/mol. The Morgan fingerprint density at radius 1 is 1.09 bits per heavy atom. The number of aryl methyl sites for hydroxylation is 1. The third-order valence-corrected chi connectivity index (χ3v) is 3.22. The van der Waals surface area contributed by atoms with Crippen LogP contribution in [0.3, 0.4) is 0 Å². The van der Waals surface area contributed by atoms with Gasteiger partial charge in [-0.1, -0.05) is 12.1 Å². The molecule has 0 saturated heterocycles. The summed E-state index contributed by atoms with van der Waals surface area (Å²) in [6.07, 6.45) is -4.44. The van der Waals surface area contributed by atoms with Crippen molar-refractivity contribution in [2.24, 2.45) is 0 Å². The van der Waals surface area contributed by atoms with Crippen LogP contribution in [-0.4, -0.2) is 13.0 Å². The van der Waals surface area contributed by atoms with E-state index < -0.39 is 17.6 Å². The van der Waals surface area contributed by atoms with Gasteiger partial charge in [-0.2, -0.15) is 13.2 Å². The van der Waals surface area contributed by atoms with Gasteiger partial charge in [-0.05, 0) is 42.8 Å². The molecule has 0 aliphatic carbocycles. The van der Waals surface area contributed by atoms with Crippen molar-refractivity contribution in [3.8, 4) is 0 Å². The van der Waals surface area contributed by atoms with E-state index in [1.54, 1.807) is 25.2 Å². The van der Waals surface area contributed by atoms with Gasteiger partial charge in [0.1, 0.15) is 0 Å². The summed E-state index contributed by atoms with van der Waals surface area (Å²) in [5.74, 6) is -0.462. The lowest BCUT2D eigenvalue weighted by molar-refractivity contribution is -0.137. The molecule has 0 aliphatic rings. The summed E-state index contributed by atoms with van der Waals surface area (Å²) in [7, 11) is 1.73. The number of anilines is 2. The van der Waals surface area contributed by atoms with E-state index in [-0.39, 0.29) is 5.69 Å². The number of amides is 1. The number of carbonyl (C=O) groups excluding carboxylic acids is 1. The molecule has 116 valence electrons. The molecule has 3 nitrogen and oxygen atoms in total. The van der Waals surface area contributed by atoms with Crippen LogP contribution in [0.1, 0.15) is 21.5 Å². The topological polar surface area (TPSA) is 41.1 Å².